The molecule has 0 aliphatic rings. The van der Waals surface area contributed by atoms with Gasteiger partial charge >= 0.3 is 5.97 Å². The van der Waals surface area contributed by atoms with Gasteiger partial charge in [0.05, 0.1) is 18.7 Å². The molecule has 6 nitrogen and oxygen atoms in total. The molecule has 0 radical (unpaired) electrons. The van der Waals surface area contributed by atoms with Crippen LogP contribution < -0.4 is 5.32 Å². The molecule has 1 heterocycles. The van der Waals surface area contributed by atoms with E-state index in [1.807, 2.05) is 24.3 Å². The number of rotatable bonds is 6. The van der Waals surface area contributed by atoms with Crippen molar-refractivity contribution in [2.75, 3.05) is 32.2 Å². The van der Waals surface area contributed by atoms with Gasteiger partial charge in [-0.25, -0.2) is 14.8 Å². The Hall–Kier alpha value is -2.21. The first kappa shape index (κ1) is 14.2. The number of esters is 1. The van der Waals surface area contributed by atoms with Crippen LogP contribution in [0.5, 0.6) is 0 Å². The van der Waals surface area contributed by atoms with Gasteiger partial charge in [0.2, 0.25) is 5.82 Å². The zero-order valence-electron chi connectivity index (χ0n) is 11.5. The molecule has 1 N–H and O–H groups in total. The molecule has 0 saturated heterocycles. The van der Waals surface area contributed by atoms with E-state index in [0.29, 0.717) is 31.1 Å². The smallest absolute Gasteiger partial charge is 0.376 e. The van der Waals surface area contributed by atoms with Gasteiger partial charge in [-0.1, -0.05) is 12.1 Å². The average Bonchev–Trinajstić information content (AvgIpc) is 2.47. The van der Waals surface area contributed by atoms with E-state index in [4.69, 9.17) is 9.47 Å². The van der Waals surface area contributed by atoms with Crippen LogP contribution in [0.3, 0.4) is 0 Å². The molecule has 0 saturated carbocycles. The third kappa shape index (κ3) is 3.21. The maximum atomic E-state index is 11.8. The lowest BCUT2D eigenvalue weighted by Gasteiger charge is -2.10. The number of hydrogen-bond donors (Lipinski definition) is 1. The Kier molecular flexibility index (Phi) is 4.84. The van der Waals surface area contributed by atoms with Crippen LogP contribution in [0.2, 0.25) is 0 Å². The van der Waals surface area contributed by atoms with Crippen molar-refractivity contribution in [3.63, 3.8) is 0 Å². The van der Waals surface area contributed by atoms with Crippen LogP contribution in [0.25, 0.3) is 10.9 Å². The number of methoxy groups -OCH3 is 1. The lowest BCUT2D eigenvalue weighted by molar-refractivity contribution is 0.0512. The first-order valence-electron chi connectivity index (χ1n) is 6.43. The molecule has 2 rings (SSSR count). The van der Waals surface area contributed by atoms with Gasteiger partial charge < -0.3 is 14.8 Å². The molecule has 0 unspecified atom stereocenters. The van der Waals surface area contributed by atoms with E-state index in [1.54, 1.807) is 14.0 Å². The minimum atomic E-state index is -0.520. The maximum absolute atomic E-state index is 11.8. The van der Waals surface area contributed by atoms with Crippen molar-refractivity contribution in [3.05, 3.63) is 30.1 Å². The van der Waals surface area contributed by atoms with Crippen molar-refractivity contribution in [2.45, 2.75) is 6.92 Å². The molecule has 2 aromatic rings. The van der Waals surface area contributed by atoms with E-state index in [2.05, 4.69) is 15.3 Å². The summed E-state index contributed by atoms with van der Waals surface area (Å²) in [6, 6.07) is 7.50. The molecule has 1 aromatic carbocycles. The van der Waals surface area contributed by atoms with Crippen LogP contribution in [-0.4, -0.2) is 42.8 Å². The van der Waals surface area contributed by atoms with Crippen molar-refractivity contribution in [3.8, 4) is 0 Å². The Balaban J connectivity index is 2.38. The second-order valence-electron chi connectivity index (χ2n) is 4.05. The normalized spacial score (nSPS) is 10.5. The van der Waals surface area contributed by atoms with Crippen molar-refractivity contribution in [1.82, 2.24) is 9.97 Å². The summed E-state index contributed by atoms with van der Waals surface area (Å²) in [7, 11) is 1.63. The Morgan fingerprint density at radius 2 is 2.10 bits per heavy atom. The molecule has 20 heavy (non-hydrogen) atoms. The second kappa shape index (κ2) is 6.81. The Morgan fingerprint density at radius 3 is 2.85 bits per heavy atom. The highest BCUT2D eigenvalue weighted by Gasteiger charge is 2.14. The SMILES string of the molecule is CCOC(=O)c1nc(NCCOC)c2ccccc2n1. The molecule has 0 amide bonds. The molecular weight excluding hydrogens is 258 g/mol. The third-order valence-electron chi connectivity index (χ3n) is 2.66. The zero-order chi connectivity index (χ0) is 14.4. The quantitative estimate of drug-likeness (QED) is 0.641. The molecule has 1 aromatic heterocycles. The van der Waals surface area contributed by atoms with E-state index in [0.717, 1.165) is 5.39 Å². The summed E-state index contributed by atoms with van der Waals surface area (Å²) in [6.07, 6.45) is 0. The first-order valence-corrected chi connectivity index (χ1v) is 6.43. The molecule has 0 spiro atoms. The van der Waals surface area contributed by atoms with Gasteiger partial charge in [0.1, 0.15) is 5.82 Å². The molecule has 0 atom stereocenters. The number of benzene rings is 1. The second-order valence-corrected chi connectivity index (χ2v) is 4.05. The van der Waals surface area contributed by atoms with E-state index < -0.39 is 5.97 Å². The average molecular weight is 275 g/mol. The molecule has 0 aliphatic heterocycles. The van der Waals surface area contributed by atoms with E-state index in [9.17, 15) is 4.79 Å². The molecule has 6 heteroatoms. The molecular formula is C14H17N3O3. The Labute approximate surface area is 117 Å². The summed E-state index contributed by atoms with van der Waals surface area (Å²) in [6.45, 7) is 3.19. The van der Waals surface area contributed by atoms with Gasteiger partial charge in [0.25, 0.3) is 0 Å². The van der Waals surface area contributed by atoms with E-state index >= 15 is 0 Å². The van der Waals surface area contributed by atoms with Crippen LogP contribution >= 0.6 is 0 Å². The molecule has 0 aliphatic carbocycles. The summed E-state index contributed by atoms with van der Waals surface area (Å²) in [5.41, 5.74) is 0.700. The first-order chi connectivity index (χ1) is 9.76. The van der Waals surface area contributed by atoms with Gasteiger partial charge in [-0.2, -0.15) is 0 Å². The van der Waals surface area contributed by atoms with Crippen molar-refractivity contribution < 1.29 is 14.3 Å². The maximum Gasteiger partial charge on any atom is 0.376 e. The Bertz CT molecular complexity index is 601. The predicted octanol–water partition coefficient (Wildman–Crippen LogP) is 1.86. The van der Waals surface area contributed by atoms with Gasteiger partial charge in [0, 0.05) is 19.0 Å². The largest absolute Gasteiger partial charge is 0.460 e. The number of ether oxygens (including phenoxy) is 2. The summed E-state index contributed by atoms with van der Waals surface area (Å²) in [5.74, 6) is 0.147. The lowest BCUT2D eigenvalue weighted by Crippen LogP contribution is -2.14. The van der Waals surface area contributed by atoms with Crippen LogP contribution in [0, 0.1) is 0 Å². The molecule has 0 fully saturated rings. The summed E-state index contributed by atoms with van der Waals surface area (Å²) in [5, 5.41) is 4.00. The highest BCUT2D eigenvalue weighted by atomic mass is 16.5. The van der Waals surface area contributed by atoms with Crippen molar-refractivity contribution in [2.24, 2.45) is 0 Å². The topological polar surface area (TPSA) is 73.3 Å². The number of carbonyl (C=O) groups is 1. The van der Waals surface area contributed by atoms with Crippen LogP contribution in [0.15, 0.2) is 24.3 Å². The number of nitrogens with one attached hydrogen (secondary N) is 1. The van der Waals surface area contributed by atoms with Crippen LogP contribution in [0.4, 0.5) is 5.82 Å². The fraction of sp³-hybridized carbons (Fsp3) is 0.357. The fourth-order valence-electron chi connectivity index (χ4n) is 1.77. The van der Waals surface area contributed by atoms with Gasteiger partial charge in [-0.3, -0.25) is 0 Å². The molecule has 0 bridgehead atoms. The number of carbonyl (C=O) groups excluding carboxylic acids is 1. The number of para-hydroxylation sites is 1. The summed E-state index contributed by atoms with van der Waals surface area (Å²) < 4.78 is 9.94. The van der Waals surface area contributed by atoms with E-state index in [-0.39, 0.29) is 5.82 Å². The van der Waals surface area contributed by atoms with Crippen LogP contribution in [-0.2, 0) is 9.47 Å². The lowest BCUT2D eigenvalue weighted by atomic mass is 10.2. The zero-order valence-corrected chi connectivity index (χ0v) is 11.5. The number of anilines is 1. The minimum Gasteiger partial charge on any atom is -0.460 e. The standard InChI is InChI=1S/C14H17N3O3/c1-3-20-14(18)13-16-11-7-5-4-6-10(11)12(17-13)15-8-9-19-2/h4-7H,3,8-9H2,1-2H3,(H,15,16,17). The monoisotopic (exact) mass is 275 g/mol. The number of aromatic nitrogens is 2. The van der Waals surface area contributed by atoms with E-state index in [1.165, 1.54) is 0 Å². The summed E-state index contributed by atoms with van der Waals surface area (Å²) >= 11 is 0. The fourth-order valence-corrected chi connectivity index (χ4v) is 1.77. The van der Waals surface area contributed by atoms with Crippen LogP contribution in [0.1, 0.15) is 17.5 Å². The number of nitrogens with zero attached hydrogens (tertiary/aromatic N) is 2. The predicted molar refractivity (Wildman–Crippen MR) is 75.9 cm³/mol. The third-order valence-corrected chi connectivity index (χ3v) is 2.66. The number of hydrogen-bond acceptors (Lipinski definition) is 6. The molecule has 106 valence electrons. The highest BCUT2D eigenvalue weighted by molar-refractivity contribution is 5.94. The van der Waals surface area contributed by atoms with Crippen molar-refractivity contribution in [1.29, 1.82) is 0 Å². The van der Waals surface area contributed by atoms with Gasteiger partial charge in [-0.05, 0) is 19.1 Å². The Morgan fingerprint density at radius 1 is 1.30 bits per heavy atom. The van der Waals surface area contributed by atoms with Crippen molar-refractivity contribution >= 4 is 22.7 Å². The minimum absolute atomic E-state index is 0.0606. The summed E-state index contributed by atoms with van der Waals surface area (Å²) in [4.78, 5) is 20.2. The van der Waals surface area contributed by atoms with Gasteiger partial charge in [0.15, 0.2) is 0 Å². The number of fused-ring (bicyclic) bond motifs is 1. The highest BCUT2D eigenvalue weighted by Crippen LogP contribution is 2.20. The van der Waals surface area contributed by atoms with Gasteiger partial charge in [-0.15, -0.1) is 0 Å².